The quantitative estimate of drug-likeness (QED) is 0.412. The predicted octanol–water partition coefficient (Wildman–Crippen LogP) is 2.00. The molecule has 0 fully saturated rings. The summed E-state index contributed by atoms with van der Waals surface area (Å²) < 4.78 is 39.5. The molecule has 1 aromatic carbocycles. The number of aliphatic imine (C=N–C) groups is 1. The van der Waals surface area contributed by atoms with Crippen LogP contribution in [-0.4, -0.2) is 47.0 Å². The second kappa shape index (κ2) is 10.6. The normalized spacial score (nSPS) is 11.5. The maximum absolute atomic E-state index is 12.5. The molecule has 0 amide bonds. The Labute approximate surface area is 134 Å². The molecule has 0 atom stereocenters. The molecule has 0 aliphatic carbocycles. The molecule has 0 saturated carbocycles. The lowest BCUT2D eigenvalue weighted by Gasteiger charge is -2.15. The number of hydrogen-bond donors (Lipinski definition) is 2. The summed E-state index contributed by atoms with van der Waals surface area (Å²) in [6, 6.07) is 4.67. The molecular weight excluding hydrogens is 308 g/mol. The average molecular weight is 331 g/mol. The summed E-state index contributed by atoms with van der Waals surface area (Å²) in [5, 5.41) is 6.15. The number of nitrogens with zero attached hydrogens (tertiary/aromatic N) is 1. The van der Waals surface area contributed by atoms with Gasteiger partial charge in [0.05, 0.1) is 7.11 Å². The van der Waals surface area contributed by atoms with Crippen LogP contribution in [0.5, 0.6) is 11.5 Å². The van der Waals surface area contributed by atoms with E-state index in [9.17, 15) is 8.78 Å². The van der Waals surface area contributed by atoms with E-state index >= 15 is 0 Å². The van der Waals surface area contributed by atoms with E-state index in [0.29, 0.717) is 30.4 Å². The van der Waals surface area contributed by atoms with Gasteiger partial charge in [-0.05, 0) is 24.6 Å². The lowest BCUT2D eigenvalue weighted by atomic mass is 10.2. The van der Waals surface area contributed by atoms with Crippen molar-refractivity contribution in [2.24, 2.45) is 4.99 Å². The van der Waals surface area contributed by atoms with Gasteiger partial charge in [0.15, 0.2) is 5.96 Å². The van der Waals surface area contributed by atoms with Crippen molar-refractivity contribution in [1.29, 1.82) is 0 Å². The molecule has 0 heterocycles. The minimum absolute atomic E-state index is 0.100. The number of hydrogen-bond acceptors (Lipinski definition) is 4. The summed E-state index contributed by atoms with van der Waals surface area (Å²) in [6.45, 7) is -1.28. The molecule has 2 N–H and O–H groups in total. The number of nitrogens with one attached hydrogen (secondary N) is 2. The second-order valence-electron chi connectivity index (χ2n) is 4.55. The number of methoxy groups -OCH3 is 2. The van der Waals surface area contributed by atoms with E-state index < -0.39 is 6.61 Å². The number of rotatable bonds is 9. The molecule has 0 radical (unpaired) electrons. The zero-order chi connectivity index (χ0) is 17.1. The molecule has 0 saturated heterocycles. The van der Waals surface area contributed by atoms with Crippen molar-refractivity contribution in [3.63, 3.8) is 0 Å². The van der Waals surface area contributed by atoms with Crippen molar-refractivity contribution in [2.75, 3.05) is 34.4 Å². The highest BCUT2D eigenvalue weighted by atomic mass is 19.3. The molecule has 0 unspecified atom stereocenters. The Morgan fingerprint density at radius 2 is 2.04 bits per heavy atom. The van der Waals surface area contributed by atoms with Crippen molar-refractivity contribution >= 4 is 5.96 Å². The smallest absolute Gasteiger partial charge is 0.387 e. The van der Waals surface area contributed by atoms with Crippen molar-refractivity contribution in [2.45, 2.75) is 19.6 Å². The fourth-order valence-corrected chi connectivity index (χ4v) is 1.85. The fourth-order valence-electron chi connectivity index (χ4n) is 1.85. The third-order valence-electron chi connectivity index (χ3n) is 2.97. The van der Waals surface area contributed by atoms with Gasteiger partial charge in [-0.1, -0.05) is 0 Å². The van der Waals surface area contributed by atoms with Gasteiger partial charge in [-0.15, -0.1) is 0 Å². The predicted molar refractivity (Wildman–Crippen MR) is 84.3 cm³/mol. The third kappa shape index (κ3) is 7.14. The SMILES string of the molecule is CN=C(NCCCOC)NCc1cc(OC)ccc1OC(F)F. The number of alkyl halides is 2. The molecule has 0 aliphatic heterocycles. The van der Waals surface area contributed by atoms with Crippen LogP contribution in [0.2, 0.25) is 0 Å². The first kappa shape index (κ1) is 19.0. The number of halogens is 2. The minimum Gasteiger partial charge on any atom is -0.497 e. The summed E-state index contributed by atoms with van der Waals surface area (Å²) in [7, 11) is 4.78. The highest BCUT2D eigenvalue weighted by Crippen LogP contribution is 2.25. The molecule has 8 heteroatoms. The van der Waals surface area contributed by atoms with E-state index in [2.05, 4.69) is 20.4 Å². The van der Waals surface area contributed by atoms with E-state index in [1.54, 1.807) is 26.3 Å². The molecule has 6 nitrogen and oxygen atoms in total. The van der Waals surface area contributed by atoms with Crippen LogP contribution < -0.4 is 20.1 Å². The van der Waals surface area contributed by atoms with E-state index in [1.165, 1.54) is 13.2 Å². The van der Waals surface area contributed by atoms with Crippen LogP contribution in [0.15, 0.2) is 23.2 Å². The van der Waals surface area contributed by atoms with Crippen LogP contribution in [0.1, 0.15) is 12.0 Å². The lowest BCUT2D eigenvalue weighted by molar-refractivity contribution is -0.0504. The van der Waals surface area contributed by atoms with Crippen LogP contribution in [0, 0.1) is 0 Å². The summed E-state index contributed by atoms with van der Waals surface area (Å²) in [5.74, 6) is 1.22. The Bertz CT molecular complexity index is 499. The van der Waals surface area contributed by atoms with Gasteiger partial charge in [-0.25, -0.2) is 0 Å². The summed E-state index contributed by atoms with van der Waals surface area (Å²) in [5.41, 5.74) is 0.546. The molecule has 1 rings (SSSR count). The minimum atomic E-state index is -2.88. The first-order valence-electron chi connectivity index (χ1n) is 7.16. The average Bonchev–Trinajstić information content (AvgIpc) is 2.54. The monoisotopic (exact) mass is 331 g/mol. The third-order valence-corrected chi connectivity index (χ3v) is 2.97. The Kier molecular flexibility index (Phi) is 8.74. The zero-order valence-electron chi connectivity index (χ0n) is 13.6. The molecular formula is C15H23F2N3O3. The topological polar surface area (TPSA) is 64.1 Å². The van der Waals surface area contributed by atoms with E-state index in [0.717, 1.165) is 6.42 Å². The number of ether oxygens (including phenoxy) is 3. The molecule has 0 aromatic heterocycles. The fraction of sp³-hybridized carbons (Fsp3) is 0.533. The molecule has 0 spiro atoms. The largest absolute Gasteiger partial charge is 0.497 e. The van der Waals surface area contributed by atoms with Gasteiger partial charge in [-0.2, -0.15) is 8.78 Å². The standard InChI is InChI=1S/C15H23F2N3O3/c1-18-15(19-7-4-8-21-2)20-10-11-9-12(22-3)5-6-13(11)23-14(16)17/h5-6,9,14H,4,7-8,10H2,1-3H3,(H2,18,19,20). The van der Waals surface area contributed by atoms with Gasteiger partial charge in [-0.3, -0.25) is 4.99 Å². The highest BCUT2D eigenvalue weighted by molar-refractivity contribution is 5.79. The van der Waals surface area contributed by atoms with Crippen LogP contribution >= 0.6 is 0 Å². The van der Waals surface area contributed by atoms with Crippen molar-refractivity contribution < 1.29 is 23.0 Å². The zero-order valence-corrected chi connectivity index (χ0v) is 13.6. The first-order chi connectivity index (χ1) is 11.1. The molecule has 0 aliphatic rings. The van der Waals surface area contributed by atoms with Crippen LogP contribution in [0.25, 0.3) is 0 Å². The molecule has 1 aromatic rings. The molecule has 130 valence electrons. The van der Waals surface area contributed by atoms with Crippen LogP contribution in [0.4, 0.5) is 8.78 Å². The Morgan fingerprint density at radius 1 is 1.26 bits per heavy atom. The van der Waals surface area contributed by atoms with E-state index in [1.807, 2.05) is 0 Å². The summed E-state index contributed by atoms with van der Waals surface area (Å²) in [4.78, 5) is 4.07. The van der Waals surface area contributed by atoms with Gasteiger partial charge in [0.25, 0.3) is 0 Å². The maximum atomic E-state index is 12.5. The Hall–Kier alpha value is -2.09. The molecule has 0 bridgehead atoms. The van der Waals surface area contributed by atoms with Crippen LogP contribution in [0.3, 0.4) is 0 Å². The van der Waals surface area contributed by atoms with Crippen molar-refractivity contribution in [3.8, 4) is 11.5 Å². The highest BCUT2D eigenvalue weighted by Gasteiger charge is 2.11. The van der Waals surface area contributed by atoms with E-state index in [-0.39, 0.29) is 12.3 Å². The second-order valence-corrected chi connectivity index (χ2v) is 4.55. The summed E-state index contributed by atoms with van der Waals surface area (Å²) >= 11 is 0. The number of benzene rings is 1. The van der Waals surface area contributed by atoms with Gasteiger partial charge < -0.3 is 24.8 Å². The Morgan fingerprint density at radius 3 is 2.65 bits per heavy atom. The van der Waals surface area contributed by atoms with Gasteiger partial charge in [0, 0.05) is 39.4 Å². The lowest BCUT2D eigenvalue weighted by Crippen LogP contribution is -2.37. The molecule has 23 heavy (non-hydrogen) atoms. The van der Waals surface area contributed by atoms with Gasteiger partial charge in [0.2, 0.25) is 0 Å². The van der Waals surface area contributed by atoms with Gasteiger partial charge in [0.1, 0.15) is 11.5 Å². The summed E-state index contributed by atoms with van der Waals surface area (Å²) in [6.07, 6.45) is 0.829. The van der Waals surface area contributed by atoms with Crippen LogP contribution in [-0.2, 0) is 11.3 Å². The first-order valence-corrected chi connectivity index (χ1v) is 7.16. The van der Waals surface area contributed by atoms with Gasteiger partial charge >= 0.3 is 6.61 Å². The Balaban J connectivity index is 2.66. The van der Waals surface area contributed by atoms with Crippen molar-refractivity contribution in [1.82, 2.24) is 10.6 Å². The maximum Gasteiger partial charge on any atom is 0.387 e. The van der Waals surface area contributed by atoms with E-state index in [4.69, 9.17) is 9.47 Å². The number of guanidine groups is 1. The van der Waals surface area contributed by atoms with Crippen molar-refractivity contribution in [3.05, 3.63) is 23.8 Å².